The third kappa shape index (κ3) is 5.43. The summed E-state index contributed by atoms with van der Waals surface area (Å²) in [6.45, 7) is 0.681. The molecular weight excluding hydrogens is 364 g/mol. The predicted molar refractivity (Wildman–Crippen MR) is 107 cm³/mol. The van der Waals surface area contributed by atoms with Crippen LogP contribution in [0.2, 0.25) is 5.02 Å². The Balaban J connectivity index is 1.51. The number of nitrogens with zero attached hydrogens (tertiary/aromatic N) is 2. The van der Waals surface area contributed by atoms with Crippen LogP contribution in [0.3, 0.4) is 0 Å². The second-order valence-electron chi connectivity index (χ2n) is 5.78. The summed E-state index contributed by atoms with van der Waals surface area (Å²) in [7, 11) is 1.65. The number of rotatable bonds is 7. The van der Waals surface area contributed by atoms with Gasteiger partial charge in [-0.15, -0.1) is 0 Å². The maximum absolute atomic E-state index is 12.2. The molecule has 0 aliphatic heterocycles. The molecule has 0 spiro atoms. The summed E-state index contributed by atoms with van der Waals surface area (Å²) in [6, 6.07) is 14.8. The molecule has 7 heteroatoms. The van der Waals surface area contributed by atoms with Gasteiger partial charge in [0, 0.05) is 29.6 Å². The van der Waals surface area contributed by atoms with Gasteiger partial charge < -0.3 is 15.4 Å². The summed E-state index contributed by atoms with van der Waals surface area (Å²) < 4.78 is 5.14. The molecule has 0 saturated heterocycles. The molecule has 27 heavy (non-hydrogen) atoms. The molecular formula is C20H19ClN4O2. The van der Waals surface area contributed by atoms with E-state index in [9.17, 15) is 4.79 Å². The van der Waals surface area contributed by atoms with Crippen LogP contribution in [-0.2, 0) is 6.42 Å². The van der Waals surface area contributed by atoms with Crippen molar-refractivity contribution in [2.24, 2.45) is 0 Å². The third-order valence-electron chi connectivity index (χ3n) is 3.85. The fourth-order valence-corrected chi connectivity index (χ4v) is 2.61. The smallest absolute Gasteiger partial charge is 0.258 e. The van der Waals surface area contributed by atoms with Gasteiger partial charge in [0.25, 0.3) is 5.91 Å². The number of nitrogens with one attached hydrogen (secondary N) is 2. The van der Waals surface area contributed by atoms with E-state index in [-0.39, 0.29) is 5.91 Å². The van der Waals surface area contributed by atoms with Crippen LogP contribution in [0.4, 0.5) is 11.6 Å². The molecule has 0 bridgehead atoms. The molecule has 1 amide bonds. The van der Waals surface area contributed by atoms with Crippen molar-refractivity contribution in [2.45, 2.75) is 6.42 Å². The highest BCUT2D eigenvalue weighted by molar-refractivity contribution is 6.30. The Hall–Kier alpha value is -3.12. The number of halogens is 1. The van der Waals surface area contributed by atoms with E-state index in [0.29, 0.717) is 28.8 Å². The van der Waals surface area contributed by atoms with Gasteiger partial charge in [-0.1, -0.05) is 29.8 Å². The Bertz CT molecular complexity index is 899. The summed E-state index contributed by atoms with van der Waals surface area (Å²) in [4.78, 5) is 20.6. The lowest BCUT2D eigenvalue weighted by atomic mass is 10.1. The Morgan fingerprint density at radius 3 is 2.52 bits per heavy atom. The van der Waals surface area contributed by atoms with E-state index in [4.69, 9.17) is 16.3 Å². The van der Waals surface area contributed by atoms with E-state index >= 15 is 0 Å². The molecule has 3 aromatic rings. The van der Waals surface area contributed by atoms with Crippen molar-refractivity contribution < 1.29 is 9.53 Å². The second kappa shape index (κ2) is 9.00. The fourth-order valence-electron chi connectivity index (χ4n) is 2.42. The Morgan fingerprint density at radius 1 is 1.11 bits per heavy atom. The van der Waals surface area contributed by atoms with Crippen LogP contribution in [-0.4, -0.2) is 29.5 Å². The molecule has 3 rings (SSSR count). The molecule has 138 valence electrons. The van der Waals surface area contributed by atoms with Gasteiger partial charge in [-0.25, -0.2) is 9.97 Å². The molecule has 2 aromatic carbocycles. The third-order valence-corrected chi connectivity index (χ3v) is 4.09. The van der Waals surface area contributed by atoms with Crippen molar-refractivity contribution in [2.75, 3.05) is 24.3 Å². The molecule has 0 fully saturated rings. The molecule has 1 aromatic heterocycles. The number of aromatic nitrogens is 2. The van der Waals surface area contributed by atoms with E-state index < -0.39 is 0 Å². The number of amides is 1. The zero-order chi connectivity index (χ0) is 19.1. The van der Waals surface area contributed by atoms with Crippen LogP contribution >= 0.6 is 11.6 Å². The summed E-state index contributed by atoms with van der Waals surface area (Å²) in [5, 5.41) is 6.46. The zero-order valence-corrected chi connectivity index (χ0v) is 15.5. The average molecular weight is 383 g/mol. The Kier molecular flexibility index (Phi) is 6.22. The number of carbonyl (C=O) groups is 1. The predicted octanol–water partition coefficient (Wildman–Crippen LogP) is 4.05. The fraction of sp³-hybridized carbons (Fsp3) is 0.150. The van der Waals surface area contributed by atoms with Crippen LogP contribution in [0.25, 0.3) is 0 Å². The number of benzene rings is 2. The van der Waals surface area contributed by atoms with Crippen LogP contribution in [0, 0.1) is 0 Å². The van der Waals surface area contributed by atoms with E-state index in [1.165, 1.54) is 18.0 Å². The minimum absolute atomic E-state index is 0.290. The zero-order valence-electron chi connectivity index (χ0n) is 14.8. The van der Waals surface area contributed by atoms with E-state index in [1.54, 1.807) is 31.4 Å². The molecule has 0 aliphatic carbocycles. The lowest BCUT2D eigenvalue weighted by Gasteiger charge is -2.07. The topological polar surface area (TPSA) is 76.1 Å². The number of carbonyl (C=O) groups excluding carboxylic acids is 1. The molecule has 6 nitrogen and oxygen atoms in total. The number of hydrogen-bond donors (Lipinski definition) is 2. The van der Waals surface area contributed by atoms with E-state index in [0.717, 1.165) is 12.2 Å². The number of anilines is 2. The molecule has 0 atom stereocenters. The Morgan fingerprint density at radius 2 is 1.85 bits per heavy atom. The molecule has 2 N–H and O–H groups in total. The molecule has 0 unspecified atom stereocenters. The van der Waals surface area contributed by atoms with Crippen molar-refractivity contribution in [3.05, 3.63) is 77.1 Å². The van der Waals surface area contributed by atoms with Crippen molar-refractivity contribution in [3.8, 4) is 5.75 Å². The van der Waals surface area contributed by atoms with Crippen molar-refractivity contribution >= 4 is 29.1 Å². The minimum Gasteiger partial charge on any atom is -0.497 e. The van der Waals surface area contributed by atoms with E-state index in [2.05, 4.69) is 20.6 Å². The average Bonchev–Trinajstić information content (AvgIpc) is 2.69. The first-order chi connectivity index (χ1) is 13.1. The minimum atomic E-state index is -0.290. The van der Waals surface area contributed by atoms with Gasteiger partial charge in [0.15, 0.2) is 0 Å². The van der Waals surface area contributed by atoms with Gasteiger partial charge in [-0.2, -0.15) is 0 Å². The first kappa shape index (κ1) is 18.7. The quantitative estimate of drug-likeness (QED) is 0.644. The standard InChI is InChI=1S/C20H19ClN4O2/c1-27-18-7-5-14(6-8-18)9-10-22-20-23-12-15(13-24-20)19(26)25-17-4-2-3-16(21)11-17/h2-8,11-13H,9-10H2,1H3,(H,25,26)(H,22,23,24). The lowest BCUT2D eigenvalue weighted by molar-refractivity contribution is 0.102. The summed E-state index contributed by atoms with van der Waals surface area (Å²) >= 11 is 5.91. The normalized spacial score (nSPS) is 10.3. The highest BCUT2D eigenvalue weighted by atomic mass is 35.5. The molecule has 0 aliphatic rings. The molecule has 1 heterocycles. The Labute approximate surface area is 162 Å². The van der Waals surface area contributed by atoms with Crippen LogP contribution < -0.4 is 15.4 Å². The first-order valence-electron chi connectivity index (χ1n) is 8.40. The largest absolute Gasteiger partial charge is 0.497 e. The van der Waals surface area contributed by atoms with Gasteiger partial charge in [0.05, 0.1) is 12.7 Å². The van der Waals surface area contributed by atoms with Crippen molar-refractivity contribution in [3.63, 3.8) is 0 Å². The highest BCUT2D eigenvalue weighted by Gasteiger charge is 2.08. The maximum Gasteiger partial charge on any atom is 0.258 e. The summed E-state index contributed by atoms with van der Waals surface area (Å²) in [6.07, 6.45) is 3.80. The highest BCUT2D eigenvalue weighted by Crippen LogP contribution is 2.16. The monoisotopic (exact) mass is 382 g/mol. The van der Waals surface area contributed by atoms with Crippen LogP contribution in [0.5, 0.6) is 5.75 Å². The van der Waals surface area contributed by atoms with Gasteiger partial charge in [0.1, 0.15) is 5.75 Å². The van der Waals surface area contributed by atoms with Crippen molar-refractivity contribution in [1.82, 2.24) is 9.97 Å². The summed E-state index contributed by atoms with van der Waals surface area (Å²) in [5.41, 5.74) is 2.17. The number of ether oxygens (including phenoxy) is 1. The molecule has 0 saturated carbocycles. The van der Waals surface area contributed by atoms with Crippen LogP contribution in [0.1, 0.15) is 15.9 Å². The van der Waals surface area contributed by atoms with Gasteiger partial charge in [0.2, 0.25) is 5.95 Å². The van der Waals surface area contributed by atoms with E-state index in [1.807, 2.05) is 24.3 Å². The second-order valence-corrected chi connectivity index (χ2v) is 6.22. The number of methoxy groups -OCH3 is 1. The SMILES string of the molecule is COc1ccc(CCNc2ncc(C(=O)Nc3cccc(Cl)c3)cn2)cc1. The maximum atomic E-state index is 12.2. The van der Waals surface area contributed by atoms with Crippen molar-refractivity contribution in [1.29, 1.82) is 0 Å². The van der Waals surface area contributed by atoms with Gasteiger partial charge >= 0.3 is 0 Å². The van der Waals surface area contributed by atoms with Gasteiger partial charge in [-0.3, -0.25) is 4.79 Å². The first-order valence-corrected chi connectivity index (χ1v) is 8.77. The number of hydrogen-bond acceptors (Lipinski definition) is 5. The molecule has 0 radical (unpaired) electrons. The van der Waals surface area contributed by atoms with Gasteiger partial charge in [-0.05, 0) is 42.3 Å². The van der Waals surface area contributed by atoms with Crippen LogP contribution in [0.15, 0.2) is 60.9 Å². The summed E-state index contributed by atoms with van der Waals surface area (Å²) in [5.74, 6) is 1.02. The lowest BCUT2D eigenvalue weighted by Crippen LogP contribution is -2.14.